The van der Waals surface area contributed by atoms with Crippen LogP contribution in [0.3, 0.4) is 0 Å². The number of ketones is 1. The fraction of sp³-hybridized carbons (Fsp3) is 0.0769. The van der Waals surface area contributed by atoms with Gasteiger partial charge in [0, 0.05) is 25.0 Å². The Balaban J connectivity index is 1.41. The van der Waals surface area contributed by atoms with Gasteiger partial charge in [-0.15, -0.1) is 0 Å². The Morgan fingerprint density at radius 1 is 0.906 bits per heavy atom. The zero-order chi connectivity index (χ0) is 22.1. The van der Waals surface area contributed by atoms with Crippen molar-refractivity contribution >= 4 is 16.8 Å². The molecule has 0 saturated carbocycles. The summed E-state index contributed by atoms with van der Waals surface area (Å²) in [5.74, 6) is 1.30. The molecule has 5 aromatic rings. The number of benzene rings is 2. The predicted molar refractivity (Wildman–Crippen MR) is 123 cm³/mol. The van der Waals surface area contributed by atoms with E-state index >= 15 is 0 Å². The molecule has 3 aromatic heterocycles. The van der Waals surface area contributed by atoms with Crippen LogP contribution in [-0.2, 0) is 7.05 Å². The quantitative estimate of drug-likeness (QED) is 0.358. The molecule has 5 rings (SSSR count). The summed E-state index contributed by atoms with van der Waals surface area (Å²) in [7, 11) is 1.85. The van der Waals surface area contributed by atoms with Gasteiger partial charge in [0.25, 0.3) is 0 Å². The molecule has 0 amide bonds. The van der Waals surface area contributed by atoms with Gasteiger partial charge in [-0.3, -0.25) is 9.78 Å². The summed E-state index contributed by atoms with van der Waals surface area (Å²) in [5.41, 5.74) is 4.96. The number of nitrogens with zero attached hydrogens (tertiary/aromatic N) is 4. The number of hydrogen-bond acceptors (Lipinski definition) is 5. The van der Waals surface area contributed by atoms with Crippen LogP contribution < -0.4 is 4.74 Å². The number of imidazole rings is 1. The zero-order valence-corrected chi connectivity index (χ0v) is 17.7. The standard InChI is InChI=1S/C26H20N4O2/c1-17-13-15-27-22(16-17)20-6-5-14-28-26(20)32-19-11-9-18(10-12-19)24(31)25-29-21-7-3-4-8-23(21)30(25)2/h3-16H,1-2H3. The molecule has 0 fully saturated rings. The van der Waals surface area contributed by atoms with Crippen molar-refractivity contribution in [1.29, 1.82) is 0 Å². The smallest absolute Gasteiger partial charge is 0.228 e. The molecule has 0 atom stereocenters. The van der Waals surface area contributed by atoms with Gasteiger partial charge in [0.05, 0.1) is 22.3 Å². The second-order valence-electron chi connectivity index (χ2n) is 7.51. The number of rotatable bonds is 5. The van der Waals surface area contributed by atoms with Crippen LogP contribution in [0.5, 0.6) is 11.6 Å². The SMILES string of the molecule is Cc1ccnc(-c2cccnc2Oc2ccc(C(=O)c3nc4ccccc4n3C)cc2)c1. The summed E-state index contributed by atoms with van der Waals surface area (Å²) in [4.78, 5) is 26.3. The molecule has 0 N–H and O–H groups in total. The van der Waals surface area contributed by atoms with Crippen LogP contribution in [-0.4, -0.2) is 25.3 Å². The van der Waals surface area contributed by atoms with Crippen LogP contribution in [0.25, 0.3) is 22.3 Å². The van der Waals surface area contributed by atoms with E-state index < -0.39 is 0 Å². The number of aromatic nitrogens is 4. The van der Waals surface area contributed by atoms with Crippen LogP contribution in [0.2, 0.25) is 0 Å². The first kappa shape index (κ1) is 19.6. The molecule has 6 heteroatoms. The van der Waals surface area contributed by atoms with E-state index in [2.05, 4.69) is 15.0 Å². The second kappa shape index (κ2) is 8.07. The van der Waals surface area contributed by atoms with Gasteiger partial charge in [0.2, 0.25) is 11.7 Å². The highest BCUT2D eigenvalue weighted by atomic mass is 16.5. The third kappa shape index (κ3) is 3.63. The molecule has 6 nitrogen and oxygen atoms in total. The lowest BCUT2D eigenvalue weighted by molar-refractivity contribution is 0.102. The number of para-hydroxylation sites is 2. The van der Waals surface area contributed by atoms with Crippen molar-refractivity contribution in [2.45, 2.75) is 6.92 Å². The van der Waals surface area contributed by atoms with Crippen molar-refractivity contribution in [2.24, 2.45) is 7.05 Å². The van der Waals surface area contributed by atoms with Crippen LogP contribution in [0.1, 0.15) is 21.7 Å². The Kier molecular flexibility index (Phi) is 4.95. The summed E-state index contributed by atoms with van der Waals surface area (Å²) >= 11 is 0. The van der Waals surface area contributed by atoms with E-state index in [9.17, 15) is 4.79 Å². The number of carbonyl (C=O) groups excluding carboxylic acids is 1. The van der Waals surface area contributed by atoms with E-state index in [-0.39, 0.29) is 5.78 Å². The van der Waals surface area contributed by atoms with E-state index in [1.54, 1.807) is 36.7 Å². The number of hydrogen-bond donors (Lipinski definition) is 0. The van der Waals surface area contributed by atoms with Gasteiger partial charge in [0.15, 0.2) is 5.82 Å². The Labute approximate surface area is 185 Å². The first-order valence-electron chi connectivity index (χ1n) is 10.2. The summed E-state index contributed by atoms with van der Waals surface area (Å²) < 4.78 is 7.85. The largest absolute Gasteiger partial charge is 0.438 e. The number of aryl methyl sites for hydroxylation is 2. The van der Waals surface area contributed by atoms with Crippen LogP contribution in [0.15, 0.2) is 85.2 Å². The fourth-order valence-corrected chi connectivity index (χ4v) is 3.61. The lowest BCUT2D eigenvalue weighted by atomic mass is 10.1. The highest BCUT2D eigenvalue weighted by molar-refractivity contribution is 6.08. The van der Waals surface area contributed by atoms with Crippen molar-refractivity contribution < 1.29 is 9.53 Å². The Bertz CT molecular complexity index is 1440. The fourth-order valence-electron chi connectivity index (χ4n) is 3.61. The molecule has 0 aliphatic heterocycles. The number of carbonyl (C=O) groups is 1. The third-order valence-corrected chi connectivity index (χ3v) is 5.28. The first-order valence-corrected chi connectivity index (χ1v) is 10.2. The number of fused-ring (bicyclic) bond motifs is 1. The normalized spacial score (nSPS) is 10.9. The minimum absolute atomic E-state index is 0.141. The second-order valence-corrected chi connectivity index (χ2v) is 7.51. The highest BCUT2D eigenvalue weighted by Gasteiger charge is 2.17. The molecule has 2 aromatic carbocycles. The van der Waals surface area contributed by atoms with Crippen molar-refractivity contribution in [3.8, 4) is 22.9 Å². The maximum Gasteiger partial charge on any atom is 0.228 e. The van der Waals surface area contributed by atoms with Gasteiger partial charge in [-0.2, -0.15) is 0 Å². The third-order valence-electron chi connectivity index (χ3n) is 5.28. The lowest BCUT2D eigenvalue weighted by Crippen LogP contribution is -2.08. The van der Waals surface area contributed by atoms with Crippen molar-refractivity contribution in [3.05, 3.63) is 102 Å². The van der Waals surface area contributed by atoms with Crippen LogP contribution in [0.4, 0.5) is 0 Å². The summed E-state index contributed by atoms with van der Waals surface area (Å²) in [6, 6.07) is 22.4. The van der Waals surface area contributed by atoms with E-state index in [4.69, 9.17) is 4.74 Å². The molecule has 3 heterocycles. The highest BCUT2D eigenvalue weighted by Crippen LogP contribution is 2.30. The number of pyridine rings is 2. The van der Waals surface area contributed by atoms with E-state index in [1.807, 2.05) is 67.1 Å². The molecule has 0 radical (unpaired) electrons. The maximum absolute atomic E-state index is 13.0. The number of ether oxygens (including phenoxy) is 1. The average Bonchev–Trinajstić information content (AvgIpc) is 3.16. The van der Waals surface area contributed by atoms with Gasteiger partial charge in [-0.05, 0) is 73.2 Å². The summed E-state index contributed by atoms with van der Waals surface area (Å²) in [6.07, 6.45) is 3.45. The van der Waals surface area contributed by atoms with E-state index in [0.29, 0.717) is 23.0 Å². The molecule has 0 spiro atoms. The van der Waals surface area contributed by atoms with Gasteiger partial charge >= 0.3 is 0 Å². The van der Waals surface area contributed by atoms with Crippen LogP contribution >= 0.6 is 0 Å². The van der Waals surface area contributed by atoms with E-state index in [1.165, 1.54) is 0 Å². The molecule has 0 aliphatic rings. The average molecular weight is 420 g/mol. The molecule has 32 heavy (non-hydrogen) atoms. The minimum atomic E-state index is -0.141. The molecule has 0 aliphatic carbocycles. The molecular weight excluding hydrogens is 400 g/mol. The molecule has 0 saturated heterocycles. The molecule has 0 bridgehead atoms. The topological polar surface area (TPSA) is 69.9 Å². The van der Waals surface area contributed by atoms with Gasteiger partial charge in [-0.1, -0.05) is 12.1 Å². The lowest BCUT2D eigenvalue weighted by Gasteiger charge is -2.10. The van der Waals surface area contributed by atoms with Crippen LogP contribution in [0, 0.1) is 6.92 Å². The monoisotopic (exact) mass is 420 g/mol. The van der Waals surface area contributed by atoms with Crippen molar-refractivity contribution in [1.82, 2.24) is 19.5 Å². The summed E-state index contributed by atoms with van der Waals surface area (Å²) in [5, 5.41) is 0. The van der Waals surface area contributed by atoms with Gasteiger partial charge < -0.3 is 9.30 Å². The van der Waals surface area contributed by atoms with Crippen molar-refractivity contribution in [2.75, 3.05) is 0 Å². The zero-order valence-electron chi connectivity index (χ0n) is 17.7. The summed E-state index contributed by atoms with van der Waals surface area (Å²) in [6.45, 7) is 2.02. The van der Waals surface area contributed by atoms with Gasteiger partial charge in [0.1, 0.15) is 5.75 Å². The van der Waals surface area contributed by atoms with E-state index in [0.717, 1.165) is 27.9 Å². The predicted octanol–water partition coefficient (Wildman–Crippen LogP) is 5.36. The Morgan fingerprint density at radius 3 is 2.50 bits per heavy atom. The molecule has 0 unspecified atom stereocenters. The minimum Gasteiger partial charge on any atom is -0.438 e. The first-order chi connectivity index (χ1) is 15.6. The molecule has 156 valence electrons. The van der Waals surface area contributed by atoms with Crippen molar-refractivity contribution in [3.63, 3.8) is 0 Å². The molecular formula is C26H20N4O2. The Hall–Kier alpha value is -4.32. The maximum atomic E-state index is 13.0. The van der Waals surface area contributed by atoms with Gasteiger partial charge in [-0.25, -0.2) is 9.97 Å². The Morgan fingerprint density at radius 2 is 1.72 bits per heavy atom.